The van der Waals surface area contributed by atoms with Crippen molar-refractivity contribution >= 4 is 11.8 Å². The van der Waals surface area contributed by atoms with E-state index in [1.165, 1.54) is 0 Å². The first-order chi connectivity index (χ1) is 9.58. The maximum Gasteiger partial charge on any atom is 0.239 e. The minimum Gasteiger partial charge on any atom is -0.378 e. The normalized spacial score (nSPS) is 26.1. The molecule has 0 aromatic heterocycles. The standard InChI is InChI=1S/C14H25N3O3/c1-11(14(19)16-6-8-20-9-7-16)17-5-3-4-13(10-17)15-12(2)18/h11,13H,3-10H2,1-2H3,(H,15,18)/t11-,13+/m1/s1. The van der Waals surface area contributed by atoms with E-state index < -0.39 is 0 Å². The highest BCUT2D eigenvalue weighted by Crippen LogP contribution is 2.15. The van der Waals surface area contributed by atoms with Gasteiger partial charge in [-0.1, -0.05) is 0 Å². The lowest BCUT2D eigenvalue weighted by Crippen LogP contribution is -2.55. The average Bonchev–Trinajstić information content (AvgIpc) is 2.46. The van der Waals surface area contributed by atoms with E-state index in [9.17, 15) is 9.59 Å². The summed E-state index contributed by atoms with van der Waals surface area (Å²) in [7, 11) is 0. The zero-order chi connectivity index (χ0) is 14.5. The van der Waals surface area contributed by atoms with Crippen LogP contribution in [0.25, 0.3) is 0 Å². The number of nitrogens with zero attached hydrogens (tertiary/aromatic N) is 2. The molecule has 0 bridgehead atoms. The van der Waals surface area contributed by atoms with Crippen molar-refractivity contribution in [2.24, 2.45) is 0 Å². The third-order valence-corrected chi connectivity index (χ3v) is 4.09. The molecule has 0 aliphatic carbocycles. The number of nitrogens with one attached hydrogen (secondary N) is 1. The van der Waals surface area contributed by atoms with Crippen molar-refractivity contribution in [3.63, 3.8) is 0 Å². The smallest absolute Gasteiger partial charge is 0.239 e. The Morgan fingerprint density at radius 2 is 1.95 bits per heavy atom. The molecular weight excluding hydrogens is 258 g/mol. The highest BCUT2D eigenvalue weighted by molar-refractivity contribution is 5.81. The number of carbonyl (C=O) groups is 2. The number of hydrogen-bond donors (Lipinski definition) is 1. The molecule has 2 aliphatic heterocycles. The molecular formula is C14H25N3O3. The number of rotatable bonds is 3. The lowest BCUT2D eigenvalue weighted by atomic mass is 10.0. The van der Waals surface area contributed by atoms with Gasteiger partial charge < -0.3 is 15.0 Å². The van der Waals surface area contributed by atoms with Crippen molar-refractivity contribution in [1.82, 2.24) is 15.1 Å². The first kappa shape index (κ1) is 15.3. The van der Waals surface area contributed by atoms with Gasteiger partial charge in [-0.05, 0) is 26.3 Å². The molecule has 0 aromatic rings. The first-order valence-corrected chi connectivity index (χ1v) is 7.45. The fourth-order valence-corrected chi connectivity index (χ4v) is 2.97. The molecule has 0 aromatic carbocycles. The zero-order valence-corrected chi connectivity index (χ0v) is 12.4. The summed E-state index contributed by atoms with van der Waals surface area (Å²) in [5, 5.41) is 2.96. The van der Waals surface area contributed by atoms with Gasteiger partial charge in [0.05, 0.1) is 19.3 Å². The second-order valence-electron chi connectivity index (χ2n) is 5.65. The van der Waals surface area contributed by atoms with Crippen molar-refractivity contribution in [2.45, 2.75) is 38.8 Å². The van der Waals surface area contributed by atoms with E-state index in [0.717, 1.165) is 25.9 Å². The molecule has 1 N–H and O–H groups in total. The third kappa shape index (κ3) is 3.93. The van der Waals surface area contributed by atoms with Gasteiger partial charge >= 0.3 is 0 Å². The Bertz CT molecular complexity index is 356. The SMILES string of the molecule is CC(=O)N[C@H]1CCCN([C@H](C)C(=O)N2CCOCC2)C1. The Kier molecular flexibility index (Phi) is 5.37. The van der Waals surface area contributed by atoms with Crippen LogP contribution in [0.3, 0.4) is 0 Å². The number of ether oxygens (including phenoxy) is 1. The van der Waals surface area contributed by atoms with E-state index in [1.807, 2.05) is 11.8 Å². The van der Waals surface area contributed by atoms with Crippen LogP contribution in [0.15, 0.2) is 0 Å². The lowest BCUT2D eigenvalue weighted by molar-refractivity contribution is -0.141. The van der Waals surface area contributed by atoms with Crippen LogP contribution in [-0.2, 0) is 14.3 Å². The maximum atomic E-state index is 12.5. The molecule has 0 spiro atoms. The number of amides is 2. The monoisotopic (exact) mass is 283 g/mol. The van der Waals surface area contributed by atoms with Gasteiger partial charge in [0.15, 0.2) is 0 Å². The summed E-state index contributed by atoms with van der Waals surface area (Å²) >= 11 is 0. The fourth-order valence-electron chi connectivity index (χ4n) is 2.97. The molecule has 6 heteroatoms. The topological polar surface area (TPSA) is 61.9 Å². The summed E-state index contributed by atoms with van der Waals surface area (Å²) in [6, 6.07) is 0.0471. The zero-order valence-electron chi connectivity index (χ0n) is 12.4. The first-order valence-electron chi connectivity index (χ1n) is 7.45. The molecule has 2 atom stereocenters. The van der Waals surface area contributed by atoms with Crippen molar-refractivity contribution in [1.29, 1.82) is 0 Å². The molecule has 2 saturated heterocycles. The van der Waals surface area contributed by atoms with Crippen molar-refractivity contribution < 1.29 is 14.3 Å². The van der Waals surface area contributed by atoms with Gasteiger partial charge in [-0.3, -0.25) is 14.5 Å². The Morgan fingerprint density at radius 1 is 1.25 bits per heavy atom. The Balaban J connectivity index is 1.88. The highest BCUT2D eigenvalue weighted by Gasteiger charge is 2.30. The van der Waals surface area contributed by atoms with Crippen LogP contribution in [0.4, 0.5) is 0 Å². The summed E-state index contributed by atoms with van der Waals surface area (Å²) in [6.07, 6.45) is 2.01. The predicted molar refractivity (Wildman–Crippen MR) is 75.3 cm³/mol. The highest BCUT2D eigenvalue weighted by atomic mass is 16.5. The van der Waals surface area contributed by atoms with E-state index in [4.69, 9.17) is 4.74 Å². The van der Waals surface area contributed by atoms with Crippen molar-refractivity contribution in [3.8, 4) is 0 Å². The average molecular weight is 283 g/mol. The van der Waals surface area contributed by atoms with E-state index in [1.54, 1.807) is 6.92 Å². The van der Waals surface area contributed by atoms with Gasteiger partial charge in [-0.15, -0.1) is 0 Å². The molecule has 2 aliphatic rings. The van der Waals surface area contributed by atoms with Gasteiger partial charge in [0, 0.05) is 32.6 Å². The number of morpholine rings is 1. The van der Waals surface area contributed by atoms with E-state index in [0.29, 0.717) is 26.3 Å². The van der Waals surface area contributed by atoms with Crippen LogP contribution >= 0.6 is 0 Å². The van der Waals surface area contributed by atoms with Crippen LogP contribution < -0.4 is 5.32 Å². The Labute approximate surface area is 120 Å². The number of likely N-dealkylation sites (tertiary alicyclic amines) is 1. The molecule has 2 amide bonds. The van der Waals surface area contributed by atoms with Crippen LogP contribution in [-0.4, -0.2) is 73.1 Å². The van der Waals surface area contributed by atoms with Crippen molar-refractivity contribution in [3.05, 3.63) is 0 Å². The number of hydrogen-bond acceptors (Lipinski definition) is 4. The third-order valence-electron chi connectivity index (χ3n) is 4.09. The molecule has 0 radical (unpaired) electrons. The van der Waals surface area contributed by atoms with Gasteiger partial charge in [0.2, 0.25) is 11.8 Å². The maximum absolute atomic E-state index is 12.5. The van der Waals surface area contributed by atoms with Gasteiger partial charge in [-0.2, -0.15) is 0 Å². The molecule has 6 nitrogen and oxygen atoms in total. The molecule has 0 saturated carbocycles. The second-order valence-corrected chi connectivity index (χ2v) is 5.65. The van der Waals surface area contributed by atoms with Crippen LogP contribution in [0, 0.1) is 0 Å². The van der Waals surface area contributed by atoms with Crippen LogP contribution in [0.5, 0.6) is 0 Å². The van der Waals surface area contributed by atoms with Crippen molar-refractivity contribution in [2.75, 3.05) is 39.4 Å². The minimum absolute atomic E-state index is 0.00371. The summed E-state index contributed by atoms with van der Waals surface area (Å²) in [4.78, 5) is 27.7. The van der Waals surface area contributed by atoms with Crippen LogP contribution in [0.1, 0.15) is 26.7 Å². The van der Waals surface area contributed by atoms with Crippen LogP contribution in [0.2, 0.25) is 0 Å². The quantitative estimate of drug-likeness (QED) is 0.781. The van der Waals surface area contributed by atoms with E-state index in [2.05, 4.69) is 10.2 Å². The molecule has 20 heavy (non-hydrogen) atoms. The summed E-state index contributed by atoms with van der Waals surface area (Å²) < 4.78 is 5.28. The second kappa shape index (κ2) is 7.04. The molecule has 2 fully saturated rings. The molecule has 2 heterocycles. The van der Waals surface area contributed by atoms with E-state index >= 15 is 0 Å². The van der Waals surface area contributed by atoms with Gasteiger partial charge in [0.25, 0.3) is 0 Å². The fraction of sp³-hybridized carbons (Fsp3) is 0.857. The van der Waals surface area contributed by atoms with E-state index in [-0.39, 0.29) is 23.9 Å². The summed E-state index contributed by atoms with van der Waals surface area (Å²) in [6.45, 7) is 7.83. The molecule has 0 unspecified atom stereocenters. The Morgan fingerprint density at radius 3 is 2.60 bits per heavy atom. The number of carbonyl (C=O) groups excluding carboxylic acids is 2. The summed E-state index contributed by atoms with van der Waals surface area (Å²) in [5.74, 6) is 0.181. The minimum atomic E-state index is -0.121. The predicted octanol–water partition coefficient (Wildman–Crippen LogP) is -0.166. The lowest BCUT2D eigenvalue weighted by Gasteiger charge is -2.38. The molecule has 114 valence electrons. The summed E-state index contributed by atoms with van der Waals surface area (Å²) in [5.41, 5.74) is 0. The number of piperidine rings is 1. The van der Waals surface area contributed by atoms with Gasteiger partial charge in [0.1, 0.15) is 0 Å². The van der Waals surface area contributed by atoms with Gasteiger partial charge in [-0.25, -0.2) is 0 Å². The largest absolute Gasteiger partial charge is 0.378 e. The Hall–Kier alpha value is -1.14. The molecule has 2 rings (SSSR count).